The maximum absolute atomic E-state index is 11.5. The second-order valence-corrected chi connectivity index (χ2v) is 4.45. The molecule has 0 atom stereocenters. The molecule has 0 saturated carbocycles. The number of imide groups is 1. The molecular weight excluding hydrogens is 236 g/mol. The van der Waals surface area contributed by atoms with Gasteiger partial charge in [0.2, 0.25) is 0 Å². The summed E-state index contributed by atoms with van der Waals surface area (Å²) < 4.78 is 0. The summed E-state index contributed by atoms with van der Waals surface area (Å²) in [7, 11) is 0. The summed E-state index contributed by atoms with van der Waals surface area (Å²) in [5.41, 5.74) is -0.0658. The maximum atomic E-state index is 11.5. The van der Waals surface area contributed by atoms with Crippen molar-refractivity contribution >= 4 is 17.9 Å². The van der Waals surface area contributed by atoms with Crippen LogP contribution in [0.3, 0.4) is 0 Å². The van der Waals surface area contributed by atoms with Crippen LogP contribution in [-0.2, 0) is 9.59 Å². The van der Waals surface area contributed by atoms with E-state index in [0.29, 0.717) is 12.5 Å². The molecule has 0 rings (SSSR count). The SMILES string of the molecule is CC(C(=O)O)=C(C)C(=O)NC(=O)NCCC(C)C. The molecule has 0 aromatic carbocycles. The number of hydrogen-bond donors (Lipinski definition) is 3. The van der Waals surface area contributed by atoms with Gasteiger partial charge in [-0.1, -0.05) is 13.8 Å². The van der Waals surface area contributed by atoms with Gasteiger partial charge in [-0.05, 0) is 26.2 Å². The van der Waals surface area contributed by atoms with Crippen molar-refractivity contribution in [1.29, 1.82) is 0 Å². The molecule has 0 aliphatic rings. The number of carbonyl (C=O) groups excluding carboxylic acids is 2. The van der Waals surface area contributed by atoms with E-state index in [-0.39, 0.29) is 11.1 Å². The molecule has 0 radical (unpaired) electrons. The first kappa shape index (κ1) is 16.1. The van der Waals surface area contributed by atoms with E-state index in [4.69, 9.17) is 5.11 Å². The van der Waals surface area contributed by atoms with Crippen LogP contribution in [0.5, 0.6) is 0 Å². The molecule has 3 N–H and O–H groups in total. The third-order valence-corrected chi connectivity index (χ3v) is 2.46. The van der Waals surface area contributed by atoms with Crippen molar-refractivity contribution in [3.05, 3.63) is 11.1 Å². The monoisotopic (exact) mass is 256 g/mol. The minimum absolute atomic E-state index is 0.0153. The Kier molecular flexibility index (Phi) is 6.70. The number of carboxylic acids is 1. The van der Waals surface area contributed by atoms with E-state index in [1.165, 1.54) is 13.8 Å². The van der Waals surface area contributed by atoms with Gasteiger partial charge in [0, 0.05) is 17.7 Å². The second-order valence-electron chi connectivity index (χ2n) is 4.45. The first-order valence-electron chi connectivity index (χ1n) is 5.75. The van der Waals surface area contributed by atoms with Crippen molar-refractivity contribution in [2.24, 2.45) is 5.92 Å². The van der Waals surface area contributed by atoms with Crippen LogP contribution in [0, 0.1) is 5.92 Å². The van der Waals surface area contributed by atoms with Gasteiger partial charge in [-0.3, -0.25) is 10.1 Å². The molecule has 0 saturated heterocycles. The molecular formula is C12H20N2O4. The van der Waals surface area contributed by atoms with Crippen molar-refractivity contribution in [2.75, 3.05) is 6.54 Å². The number of nitrogens with one attached hydrogen (secondary N) is 2. The predicted octanol–water partition coefficient (Wildman–Crippen LogP) is 1.28. The van der Waals surface area contributed by atoms with Gasteiger partial charge in [0.05, 0.1) is 0 Å². The minimum atomic E-state index is -1.18. The summed E-state index contributed by atoms with van der Waals surface area (Å²) in [6.07, 6.45) is 0.810. The highest BCUT2D eigenvalue weighted by Gasteiger charge is 2.14. The van der Waals surface area contributed by atoms with Gasteiger partial charge in [-0.25, -0.2) is 9.59 Å². The quantitative estimate of drug-likeness (QED) is 0.646. The van der Waals surface area contributed by atoms with E-state index < -0.39 is 17.9 Å². The average Bonchev–Trinajstić information content (AvgIpc) is 2.26. The van der Waals surface area contributed by atoms with E-state index in [1.54, 1.807) is 0 Å². The Labute approximate surface area is 106 Å². The van der Waals surface area contributed by atoms with Crippen LogP contribution in [0.2, 0.25) is 0 Å². The standard InChI is InChI=1S/C12H20N2O4/c1-7(2)5-6-13-12(18)14-10(15)8(3)9(4)11(16)17/h7H,5-6H2,1-4H3,(H,16,17)(H2,13,14,15,18). The van der Waals surface area contributed by atoms with E-state index in [9.17, 15) is 14.4 Å². The fourth-order valence-electron chi connectivity index (χ4n) is 1.05. The number of rotatable bonds is 5. The molecule has 0 aliphatic heterocycles. The van der Waals surface area contributed by atoms with Gasteiger partial charge in [-0.2, -0.15) is 0 Å². The van der Waals surface area contributed by atoms with Crippen LogP contribution in [0.15, 0.2) is 11.1 Å². The Hall–Kier alpha value is -1.85. The molecule has 0 spiro atoms. The molecule has 3 amide bonds. The summed E-state index contributed by atoms with van der Waals surface area (Å²) in [4.78, 5) is 33.5. The molecule has 0 bridgehead atoms. The zero-order chi connectivity index (χ0) is 14.3. The number of hydrogen-bond acceptors (Lipinski definition) is 3. The lowest BCUT2D eigenvalue weighted by molar-refractivity contribution is -0.133. The molecule has 102 valence electrons. The van der Waals surface area contributed by atoms with Crippen LogP contribution in [0.4, 0.5) is 4.79 Å². The van der Waals surface area contributed by atoms with Crippen molar-refractivity contribution < 1.29 is 19.5 Å². The molecule has 0 fully saturated rings. The van der Waals surface area contributed by atoms with Crippen LogP contribution in [-0.4, -0.2) is 29.6 Å². The van der Waals surface area contributed by atoms with E-state index in [1.807, 2.05) is 13.8 Å². The molecule has 0 heterocycles. The van der Waals surface area contributed by atoms with Gasteiger partial charge < -0.3 is 10.4 Å². The number of carboxylic acid groups (broad SMARTS) is 1. The number of carbonyl (C=O) groups is 3. The highest BCUT2D eigenvalue weighted by molar-refractivity contribution is 6.07. The topological polar surface area (TPSA) is 95.5 Å². The molecule has 0 aromatic rings. The third-order valence-electron chi connectivity index (χ3n) is 2.46. The summed E-state index contributed by atoms with van der Waals surface area (Å²) in [5, 5.41) is 13.3. The normalized spacial score (nSPS) is 11.8. The smallest absolute Gasteiger partial charge is 0.331 e. The maximum Gasteiger partial charge on any atom is 0.331 e. The zero-order valence-electron chi connectivity index (χ0n) is 11.2. The Balaban J connectivity index is 4.28. The van der Waals surface area contributed by atoms with Crippen LogP contribution >= 0.6 is 0 Å². The van der Waals surface area contributed by atoms with Crippen LogP contribution in [0.1, 0.15) is 34.1 Å². The van der Waals surface area contributed by atoms with Crippen LogP contribution < -0.4 is 10.6 Å². The Morgan fingerprint density at radius 1 is 1.11 bits per heavy atom. The van der Waals surface area contributed by atoms with Crippen molar-refractivity contribution in [2.45, 2.75) is 34.1 Å². The molecule has 6 heteroatoms. The Morgan fingerprint density at radius 2 is 1.67 bits per heavy atom. The average molecular weight is 256 g/mol. The summed E-state index contributed by atoms with van der Waals surface area (Å²) >= 11 is 0. The van der Waals surface area contributed by atoms with Crippen molar-refractivity contribution in [3.63, 3.8) is 0 Å². The fourth-order valence-corrected chi connectivity index (χ4v) is 1.05. The Morgan fingerprint density at radius 3 is 2.11 bits per heavy atom. The largest absolute Gasteiger partial charge is 0.478 e. The molecule has 0 unspecified atom stereocenters. The second kappa shape index (κ2) is 7.47. The fraction of sp³-hybridized carbons (Fsp3) is 0.583. The summed E-state index contributed by atoms with van der Waals surface area (Å²) in [6.45, 7) is 7.19. The van der Waals surface area contributed by atoms with E-state index >= 15 is 0 Å². The van der Waals surface area contributed by atoms with Crippen molar-refractivity contribution in [1.82, 2.24) is 10.6 Å². The van der Waals surface area contributed by atoms with Gasteiger partial charge in [0.25, 0.3) is 5.91 Å². The van der Waals surface area contributed by atoms with E-state index in [2.05, 4.69) is 10.6 Å². The summed E-state index contributed by atoms with van der Waals surface area (Å²) in [5.74, 6) is -1.42. The lowest BCUT2D eigenvalue weighted by Crippen LogP contribution is -2.40. The molecule has 6 nitrogen and oxygen atoms in total. The highest BCUT2D eigenvalue weighted by Crippen LogP contribution is 2.03. The third kappa shape index (κ3) is 6.03. The molecule has 0 aromatic heterocycles. The Bertz CT molecular complexity index is 372. The molecule has 18 heavy (non-hydrogen) atoms. The van der Waals surface area contributed by atoms with Crippen molar-refractivity contribution in [3.8, 4) is 0 Å². The first-order chi connectivity index (χ1) is 8.25. The van der Waals surface area contributed by atoms with Crippen LogP contribution in [0.25, 0.3) is 0 Å². The number of aliphatic carboxylic acids is 1. The van der Waals surface area contributed by atoms with Gasteiger partial charge in [0.15, 0.2) is 0 Å². The van der Waals surface area contributed by atoms with Gasteiger partial charge in [-0.15, -0.1) is 0 Å². The van der Waals surface area contributed by atoms with Gasteiger partial charge >= 0.3 is 12.0 Å². The lowest BCUT2D eigenvalue weighted by atomic mass is 10.1. The predicted molar refractivity (Wildman–Crippen MR) is 67.0 cm³/mol. The molecule has 0 aliphatic carbocycles. The highest BCUT2D eigenvalue weighted by atomic mass is 16.4. The first-order valence-corrected chi connectivity index (χ1v) is 5.75. The summed E-state index contributed by atoms with van der Waals surface area (Å²) in [6, 6.07) is -0.613. The number of amides is 3. The van der Waals surface area contributed by atoms with E-state index in [0.717, 1.165) is 6.42 Å². The van der Waals surface area contributed by atoms with Gasteiger partial charge in [0.1, 0.15) is 0 Å². The number of urea groups is 1. The lowest BCUT2D eigenvalue weighted by Gasteiger charge is -2.09. The minimum Gasteiger partial charge on any atom is -0.478 e. The zero-order valence-corrected chi connectivity index (χ0v) is 11.2.